The molecule has 1 fully saturated rings. The smallest absolute Gasteiger partial charge is 0.317 e. The van der Waals surface area contributed by atoms with Crippen LogP contribution in [0.2, 0.25) is 0 Å². The predicted octanol–water partition coefficient (Wildman–Crippen LogP) is 3.69. The fraction of sp³-hybridized carbons (Fsp3) is 0.478. The van der Waals surface area contributed by atoms with Crippen molar-refractivity contribution in [2.45, 2.75) is 32.2 Å². The van der Waals surface area contributed by atoms with Crippen LogP contribution in [0.15, 0.2) is 41.8 Å². The first-order chi connectivity index (χ1) is 14.7. The molecule has 2 heterocycles. The van der Waals surface area contributed by atoms with Crippen molar-refractivity contribution in [3.8, 4) is 5.75 Å². The molecule has 4 rings (SSSR count). The van der Waals surface area contributed by atoms with Crippen molar-refractivity contribution in [2.24, 2.45) is 5.92 Å². The second-order valence-electron chi connectivity index (χ2n) is 7.94. The van der Waals surface area contributed by atoms with E-state index in [-0.39, 0.29) is 24.5 Å². The van der Waals surface area contributed by atoms with E-state index in [0.717, 1.165) is 25.0 Å². The number of carbonyl (C=O) groups excluding carboxylic acids is 2. The third kappa shape index (κ3) is 4.95. The third-order valence-corrected chi connectivity index (χ3v) is 6.68. The maximum atomic E-state index is 13.3. The van der Waals surface area contributed by atoms with E-state index < -0.39 is 0 Å². The van der Waals surface area contributed by atoms with Crippen molar-refractivity contribution in [3.05, 3.63) is 52.2 Å². The lowest BCUT2D eigenvalue weighted by Crippen LogP contribution is -2.50. The van der Waals surface area contributed by atoms with E-state index in [4.69, 9.17) is 4.74 Å². The van der Waals surface area contributed by atoms with Crippen LogP contribution in [0.25, 0.3) is 0 Å². The standard InChI is InChI=1S/C23H29N3O3S/c1-2-24-23(28)25(14-17-8-9-17)15-22(27)26-12-10-21-19(11-13-30-21)20(26)16-29-18-6-4-3-5-7-18/h3-7,11,13,17,20H,2,8-10,12,14-16H2,1H3,(H,24,28)/t20-/m1/s1. The lowest BCUT2D eigenvalue weighted by molar-refractivity contribution is -0.135. The number of para-hydroxylation sites is 1. The Hall–Kier alpha value is -2.54. The Morgan fingerprint density at radius 1 is 1.23 bits per heavy atom. The number of ether oxygens (including phenoxy) is 1. The number of hydrogen-bond acceptors (Lipinski definition) is 4. The average molecular weight is 428 g/mol. The van der Waals surface area contributed by atoms with Gasteiger partial charge in [-0.15, -0.1) is 11.3 Å². The SMILES string of the molecule is CCNC(=O)N(CC(=O)N1CCc2sccc2[C@H]1COc1ccccc1)CC1CC1. The first-order valence-corrected chi connectivity index (χ1v) is 11.6. The van der Waals surface area contributed by atoms with Crippen LogP contribution in [0, 0.1) is 5.92 Å². The number of carbonyl (C=O) groups is 2. The lowest BCUT2D eigenvalue weighted by Gasteiger charge is -2.37. The Balaban J connectivity index is 1.48. The van der Waals surface area contributed by atoms with Gasteiger partial charge in [0.1, 0.15) is 18.9 Å². The Morgan fingerprint density at radius 2 is 2.03 bits per heavy atom. The van der Waals surface area contributed by atoms with Gasteiger partial charge < -0.3 is 19.9 Å². The van der Waals surface area contributed by atoms with Gasteiger partial charge in [-0.25, -0.2) is 4.79 Å². The van der Waals surface area contributed by atoms with Gasteiger partial charge in [-0.05, 0) is 61.2 Å². The lowest BCUT2D eigenvalue weighted by atomic mass is 10.0. The van der Waals surface area contributed by atoms with Crippen molar-refractivity contribution >= 4 is 23.3 Å². The molecule has 0 bridgehead atoms. The molecule has 2 aliphatic rings. The van der Waals surface area contributed by atoms with Crippen molar-refractivity contribution in [1.82, 2.24) is 15.1 Å². The number of nitrogens with one attached hydrogen (secondary N) is 1. The van der Waals surface area contributed by atoms with Crippen LogP contribution < -0.4 is 10.1 Å². The van der Waals surface area contributed by atoms with E-state index >= 15 is 0 Å². The van der Waals surface area contributed by atoms with Gasteiger partial charge in [0.25, 0.3) is 0 Å². The molecule has 1 aromatic heterocycles. The van der Waals surface area contributed by atoms with Gasteiger partial charge >= 0.3 is 6.03 Å². The molecule has 1 N–H and O–H groups in total. The minimum Gasteiger partial charge on any atom is -0.491 e. The van der Waals surface area contributed by atoms with Gasteiger partial charge in [0.2, 0.25) is 5.91 Å². The van der Waals surface area contributed by atoms with Crippen LogP contribution in [0.4, 0.5) is 4.79 Å². The number of nitrogens with zero attached hydrogens (tertiary/aromatic N) is 2. The number of urea groups is 1. The molecule has 1 atom stereocenters. The summed E-state index contributed by atoms with van der Waals surface area (Å²) in [4.78, 5) is 30.7. The summed E-state index contributed by atoms with van der Waals surface area (Å²) in [5, 5.41) is 4.94. The molecule has 1 aliphatic heterocycles. The molecule has 6 nitrogen and oxygen atoms in total. The van der Waals surface area contributed by atoms with Crippen LogP contribution in [0.1, 0.15) is 36.2 Å². The molecule has 0 unspecified atom stereocenters. The minimum absolute atomic E-state index is 0.0135. The molecular weight excluding hydrogens is 398 g/mol. The first kappa shape index (κ1) is 20.7. The molecule has 1 aliphatic carbocycles. The molecule has 1 aromatic carbocycles. The molecule has 3 amide bonds. The fourth-order valence-corrected chi connectivity index (χ4v) is 4.84. The highest BCUT2D eigenvalue weighted by molar-refractivity contribution is 7.10. The summed E-state index contributed by atoms with van der Waals surface area (Å²) in [7, 11) is 0. The number of benzene rings is 1. The van der Waals surface area contributed by atoms with Gasteiger partial charge in [-0.3, -0.25) is 4.79 Å². The first-order valence-electron chi connectivity index (χ1n) is 10.7. The molecular formula is C23H29N3O3S. The third-order valence-electron chi connectivity index (χ3n) is 5.68. The minimum atomic E-state index is -0.150. The molecule has 30 heavy (non-hydrogen) atoms. The zero-order valence-electron chi connectivity index (χ0n) is 17.4. The van der Waals surface area contributed by atoms with Crippen molar-refractivity contribution in [3.63, 3.8) is 0 Å². The molecule has 0 saturated heterocycles. The highest BCUT2D eigenvalue weighted by Gasteiger charge is 2.34. The molecule has 1 saturated carbocycles. The van der Waals surface area contributed by atoms with Gasteiger partial charge in [0.15, 0.2) is 0 Å². The zero-order chi connectivity index (χ0) is 20.9. The maximum Gasteiger partial charge on any atom is 0.317 e. The second kappa shape index (κ2) is 9.51. The van der Waals surface area contributed by atoms with Gasteiger partial charge in [0, 0.05) is 24.5 Å². The van der Waals surface area contributed by atoms with Crippen LogP contribution >= 0.6 is 11.3 Å². The van der Waals surface area contributed by atoms with Gasteiger partial charge in [0.05, 0.1) is 6.04 Å². The second-order valence-corrected chi connectivity index (χ2v) is 8.94. The van der Waals surface area contributed by atoms with E-state index in [1.54, 1.807) is 16.2 Å². The summed E-state index contributed by atoms with van der Waals surface area (Å²) in [6.45, 7) is 4.29. The van der Waals surface area contributed by atoms with E-state index in [0.29, 0.717) is 32.2 Å². The summed E-state index contributed by atoms with van der Waals surface area (Å²) >= 11 is 1.74. The maximum absolute atomic E-state index is 13.3. The van der Waals surface area contributed by atoms with Crippen LogP contribution in [0.5, 0.6) is 5.75 Å². The fourth-order valence-electron chi connectivity index (χ4n) is 3.91. The molecule has 0 spiro atoms. The summed E-state index contributed by atoms with van der Waals surface area (Å²) in [5.74, 6) is 1.31. The monoisotopic (exact) mass is 427 g/mol. The quantitative estimate of drug-likeness (QED) is 0.699. The molecule has 160 valence electrons. The van der Waals surface area contributed by atoms with Gasteiger partial charge in [-0.1, -0.05) is 18.2 Å². The Labute approximate surface area is 181 Å². The highest BCUT2D eigenvalue weighted by atomic mass is 32.1. The predicted molar refractivity (Wildman–Crippen MR) is 118 cm³/mol. The van der Waals surface area contributed by atoms with E-state index in [9.17, 15) is 9.59 Å². The molecule has 0 radical (unpaired) electrons. The summed E-state index contributed by atoms with van der Waals surface area (Å²) in [6.07, 6.45) is 3.13. The zero-order valence-corrected chi connectivity index (χ0v) is 18.2. The number of rotatable bonds is 8. The highest BCUT2D eigenvalue weighted by Crippen LogP contribution is 2.34. The van der Waals surface area contributed by atoms with E-state index in [2.05, 4.69) is 16.8 Å². The van der Waals surface area contributed by atoms with Crippen LogP contribution in [-0.2, 0) is 11.2 Å². The Bertz CT molecular complexity index is 866. The van der Waals surface area contributed by atoms with Crippen molar-refractivity contribution in [1.29, 1.82) is 0 Å². The number of fused-ring (bicyclic) bond motifs is 1. The Morgan fingerprint density at radius 3 is 2.77 bits per heavy atom. The average Bonchev–Trinajstić information content (AvgIpc) is 3.45. The summed E-state index contributed by atoms with van der Waals surface area (Å²) in [6, 6.07) is 11.5. The van der Waals surface area contributed by atoms with Gasteiger partial charge in [-0.2, -0.15) is 0 Å². The van der Waals surface area contributed by atoms with Crippen LogP contribution in [-0.4, -0.2) is 54.5 Å². The van der Waals surface area contributed by atoms with Crippen LogP contribution in [0.3, 0.4) is 0 Å². The van der Waals surface area contributed by atoms with Crippen molar-refractivity contribution in [2.75, 3.05) is 32.8 Å². The Kier molecular flexibility index (Phi) is 6.57. The summed E-state index contributed by atoms with van der Waals surface area (Å²) < 4.78 is 6.04. The number of hydrogen-bond donors (Lipinski definition) is 1. The number of thiophene rings is 1. The molecule has 2 aromatic rings. The van der Waals surface area contributed by atoms with E-state index in [1.165, 1.54) is 10.4 Å². The topological polar surface area (TPSA) is 61.9 Å². The molecule has 7 heteroatoms. The van der Waals surface area contributed by atoms with E-state index in [1.807, 2.05) is 42.2 Å². The normalized spacial score (nSPS) is 17.9. The van der Waals surface area contributed by atoms with Crippen molar-refractivity contribution < 1.29 is 14.3 Å². The summed E-state index contributed by atoms with van der Waals surface area (Å²) in [5.41, 5.74) is 1.17. The number of amides is 3. The largest absolute Gasteiger partial charge is 0.491 e.